The molecule has 2 aromatic rings. The fraction of sp³-hybridized carbons (Fsp3) is 0.100. The number of H-pyrrole nitrogens is 1. The average Bonchev–Trinajstić information content (AvgIpc) is 2.76. The molecule has 0 spiro atoms. The molecule has 0 radical (unpaired) electrons. The third-order valence-electron chi connectivity index (χ3n) is 2.25. The van der Waals surface area contributed by atoms with Gasteiger partial charge in [-0.15, -0.1) is 0 Å². The lowest BCUT2D eigenvalue weighted by molar-refractivity contribution is 0.0996. The number of rotatable bonds is 3. The van der Waals surface area contributed by atoms with Gasteiger partial charge in [-0.2, -0.15) is 15.4 Å². The molecule has 0 aliphatic rings. The summed E-state index contributed by atoms with van der Waals surface area (Å²) in [5.74, 6) is -0.366. The van der Waals surface area contributed by atoms with Crippen LogP contribution in [0.15, 0.2) is 12.1 Å². The highest BCUT2D eigenvalue weighted by Gasteiger charge is 2.20. The summed E-state index contributed by atoms with van der Waals surface area (Å²) in [6, 6.07) is 3.09. The van der Waals surface area contributed by atoms with Crippen molar-refractivity contribution in [1.82, 2.24) is 15.4 Å². The van der Waals surface area contributed by atoms with E-state index in [1.807, 2.05) is 0 Å². The van der Waals surface area contributed by atoms with Crippen LogP contribution in [-0.2, 0) is 0 Å². The lowest BCUT2D eigenvalue weighted by Gasteiger charge is -2.09. The highest BCUT2D eigenvalue weighted by Crippen LogP contribution is 2.38. The first kappa shape index (κ1) is 12.7. The van der Waals surface area contributed by atoms with Crippen LogP contribution in [0, 0.1) is 0 Å². The minimum Gasteiger partial charge on any atom is -0.494 e. The average molecular weight is 287 g/mol. The van der Waals surface area contributed by atoms with Gasteiger partial charge in [-0.25, -0.2) is 0 Å². The lowest BCUT2D eigenvalue weighted by Crippen LogP contribution is -2.13. The molecule has 0 aliphatic heterocycles. The zero-order valence-corrected chi connectivity index (χ0v) is 10.7. The third kappa shape index (κ3) is 2.12. The number of carbonyl (C=O) groups is 1. The minimum absolute atomic E-state index is 0.00775. The van der Waals surface area contributed by atoms with Crippen molar-refractivity contribution in [3.8, 4) is 17.0 Å². The van der Waals surface area contributed by atoms with Crippen molar-refractivity contribution in [1.29, 1.82) is 0 Å². The van der Waals surface area contributed by atoms with Crippen LogP contribution in [0.25, 0.3) is 11.3 Å². The summed E-state index contributed by atoms with van der Waals surface area (Å²) in [7, 11) is 1.45. The molecule has 2 rings (SSSR count). The minimum atomic E-state index is -0.711. The van der Waals surface area contributed by atoms with E-state index in [0.717, 1.165) is 0 Å². The van der Waals surface area contributed by atoms with Crippen molar-refractivity contribution in [2.24, 2.45) is 5.73 Å². The fourth-order valence-electron chi connectivity index (χ4n) is 1.53. The smallest absolute Gasteiger partial charge is 0.271 e. The molecule has 1 heterocycles. The van der Waals surface area contributed by atoms with Crippen LogP contribution in [0.3, 0.4) is 0 Å². The standard InChI is InChI=1S/C10H8Cl2N4O2/c1-18-9-5(2-4(11)3-6(9)12)7-8(10(13)17)15-16-14-7/h2-3H,1H3,(H2,13,17)(H,14,15,16). The van der Waals surface area contributed by atoms with Crippen molar-refractivity contribution in [2.75, 3.05) is 7.11 Å². The summed E-state index contributed by atoms with van der Waals surface area (Å²) in [5.41, 5.74) is 5.87. The predicted molar refractivity (Wildman–Crippen MR) is 66.9 cm³/mol. The van der Waals surface area contributed by atoms with Gasteiger partial charge in [0.25, 0.3) is 5.91 Å². The molecule has 6 nitrogen and oxygen atoms in total. The number of carbonyl (C=O) groups excluding carboxylic acids is 1. The number of nitrogens with two attached hydrogens (primary N) is 1. The molecule has 0 unspecified atom stereocenters. The maximum absolute atomic E-state index is 11.2. The first-order chi connectivity index (χ1) is 8.54. The molecule has 1 aromatic carbocycles. The van der Waals surface area contributed by atoms with Gasteiger partial charge in [-0.05, 0) is 12.1 Å². The van der Waals surface area contributed by atoms with Crippen molar-refractivity contribution in [3.63, 3.8) is 0 Å². The van der Waals surface area contributed by atoms with Crippen LogP contribution >= 0.6 is 23.2 Å². The molecule has 0 atom stereocenters. The van der Waals surface area contributed by atoms with Crippen LogP contribution in [0.2, 0.25) is 10.0 Å². The molecule has 0 saturated carbocycles. The van der Waals surface area contributed by atoms with Crippen LogP contribution in [0.1, 0.15) is 10.5 Å². The van der Waals surface area contributed by atoms with E-state index in [9.17, 15) is 4.79 Å². The van der Waals surface area contributed by atoms with Crippen molar-refractivity contribution >= 4 is 29.1 Å². The quantitative estimate of drug-likeness (QED) is 0.901. The second-order valence-electron chi connectivity index (χ2n) is 3.35. The van der Waals surface area contributed by atoms with Gasteiger partial charge in [0.2, 0.25) is 0 Å². The van der Waals surface area contributed by atoms with E-state index in [1.54, 1.807) is 6.07 Å². The monoisotopic (exact) mass is 286 g/mol. The van der Waals surface area contributed by atoms with Gasteiger partial charge in [-0.3, -0.25) is 4.79 Å². The molecular weight excluding hydrogens is 279 g/mol. The molecule has 3 N–H and O–H groups in total. The van der Waals surface area contributed by atoms with E-state index in [1.165, 1.54) is 13.2 Å². The topological polar surface area (TPSA) is 93.9 Å². The summed E-state index contributed by atoms with van der Waals surface area (Å²) in [5, 5.41) is 10.6. The summed E-state index contributed by atoms with van der Waals surface area (Å²) >= 11 is 11.9. The van der Waals surface area contributed by atoms with Crippen molar-refractivity contribution in [2.45, 2.75) is 0 Å². The first-order valence-electron chi connectivity index (χ1n) is 4.78. The Balaban J connectivity index is 2.70. The van der Waals surface area contributed by atoms with Gasteiger partial charge in [0.15, 0.2) is 5.69 Å². The Hall–Kier alpha value is -1.79. The van der Waals surface area contributed by atoms with Gasteiger partial charge in [0, 0.05) is 10.6 Å². The van der Waals surface area contributed by atoms with Gasteiger partial charge >= 0.3 is 0 Å². The van der Waals surface area contributed by atoms with Gasteiger partial charge in [0.1, 0.15) is 11.4 Å². The Morgan fingerprint density at radius 3 is 2.72 bits per heavy atom. The molecule has 0 saturated heterocycles. The molecule has 0 aliphatic carbocycles. The largest absolute Gasteiger partial charge is 0.494 e. The van der Waals surface area contributed by atoms with Crippen molar-refractivity contribution in [3.05, 3.63) is 27.9 Å². The van der Waals surface area contributed by atoms with Gasteiger partial charge in [-0.1, -0.05) is 23.2 Å². The van der Waals surface area contributed by atoms with E-state index in [0.29, 0.717) is 21.4 Å². The molecule has 0 bridgehead atoms. The SMILES string of the molecule is COc1c(Cl)cc(Cl)cc1-c1n[nH]nc1C(N)=O. The molecule has 0 fully saturated rings. The zero-order valence-electron chi connectivity index (χ0n) is 9.20. The van der Waals surface area contributed by atoms with Crippen LogP contribution in [0.4, 0.5) is 0 Å². The van der Waals surface area contributed by atoms with E-state index in [-0.39, 0.29) is 11.4 Å². The Bertz CT molecular complexity index is 612. The van der Waals surface area contributed by atoms with E-state index < -0.39 is 5.91 Å². The molecular formula is C10H8Cl2N4O2. The number of benzene rings is 1. The second kappa shape index (κ2) is 4.83. The van der Waals surface area contributed by atoms with E-state index in [2.05, 4.69) is 15.4 Å². The third-order valence-corrected chi connectivity index (χ3v) is 2.75. The number of hydrogen-bond acceptors (Lipinski definition) is 4. The lowest BCUT2D eigenvalue weighted by atomic mass is 10.1. The highest BCUT2D eigenvalue weighted by atomic mass is 35.5. The Labute approximate surface area is 112 Å². The second-order valence-corrected chi connectivity index (χ2v) is 4.20. The summed E-state index contributed by atoms with van der Waals surface area (Å²) in [6.45, 7) is 0. The number of nitrogens with zero attached hydrogens (tertiary/aromatic N) is 2. The van der Waals surface area contributed by atoms with Gasteiger partial charge in [0.05, 0.1) is 12.1 Å². The fourth-order valence-corrected chi connectivity index (χ4v) is 2.10. The number of hydrogen-bond donors (Lipinski definition) is 2. The maximum Gasteiger partial charge on any atom is 0.271 e. The summed E-state index contributed by atoms with van der Waals surface area (Å²) < 4.78 is 5.17. The van der Waals surface area contributed by atoms with Crippen LogP contribution in [0.5, 0.6) is 5.75 Å². The number of aromatic nitrogens is 3. The van der Waals surface area contributed by atoms with Crippen LogP contribution in [-0.4, -0.2) is 28.4 Å². The Morgan fingerprint density at radius 1 is 1.39 bits per heavy atom. The Kier molecular flexibility index (Phi) is 3.40. The molecule has 94 valence electrons. The normalized spacial score (nSPS) is 10.4. The number of aromatic amines is 1. The van der Waals surface area contributed by atoms with Crippen molar-refractivity contribution < 1.29 is 9.53 Å². The predicted octanol–water partition coefficient (Wildman–Crippen LogP) is 1.89. The molecule has 18 heavy (non-hydrogen) atoms. The number of halogens is 2. The van der Waals surface area contributed by atoms with Crippen LogP contribution < -0.4 is 10.5 Å². The van der Waals surface area contributed by atoms with E-state index in [4.69, 9.17) is 33.7 Å². The summed E-state index contributed by atoms with van der Waals surface area (Å²) in [6.07, 6.45) is 0. The number of ether oxygens (including phenoxy) is 1. The molecule has 8 heteroatoms. The number of primary amides is 1. The highest BCUT2D eigenvalue weighted by molar-refractivity contribution is 6.36. The number of methoxy groups -OCH3 is 1. The Morgan fingerprint density at radius 2 is 2.11 bits per heavy atom. The molecule has 1 amide bonds. The molecule has 1 aromatic heterocycles. The summed E-state index contributed by atoms with van der Waals surface area (Å²) in [4.78, 5) is 11.2. The van der Waals surface area contributed by atoms with E-state index >= 15 is 0 Å². The first-order valence-corrected chi connectivity index (χ1v) is 5.54. The zero-order chi connectivity index (χ0) is 13.3. The van der Waals surface area contributed by atoms with Gasteiger partial charge < -0.3 is 10.5 Å². The maximum atomic E-state index is 11.2. The number of nitrogens with one attached hydrogen (secondary N) is 1. The number of amides is 1.